The van der Waals surface area contributed by atoms with Crippen LogP contribution in [-0.4, -0.2) is 39.2 Å². The van der Waals surface area contributed by atoms with Crippen LogP contribution in [0.5, 0.6) is 0 Å². The summed E-state index contributed by atoms with van der Waals surface area (Å²) in [5, 5.41) is 4.56. The maximum absolute atomic E-state index is 11.3. The van der Waals surface area contributed by atoms with E-state index >= 15 is 0 Å². The van der Waals surface area contributed by atoms with Crippen molar-refractivity contribution < 1.29 is 4.79 Å². The van der Waals surface area contributed by atoms with Gasteiger partial charge in [0.25, 0.3) is 0 Å². The average Bonchev–Trinajstić information content (AvgIpc) is 3.18. The number of aromatic nitrogens is 3. The summed E-state index contributed by atoms with van der Waals surface area (Å²) in [5.41, 5.74) is 9.14. The smallest absolute Gasteiger partial charge is 0.225 e. The number of fused-ring (bicyclic) bond motifs is 1. The van der Waals surface area contributed by atoms with Crippen LogP contribution in [0.2, 0.25) is 0 Å². The second-order valence-corrected chi connectivity index (χ2v) is 6.50. The van der Waals surface area contributed by atoms with E-state index in [9.17, 15) is 4.79 Å². The summed E-state index contributed by atoms with van der Waals surface area (Å²) in [5.74, 6) is 0.909. The molecule has 1 unspecified atom stereocenters. The molecule has 0 radical (unpaired) electrons. The minimum absolute atomic E-state index is 0.0630. The summed E-state index contributed by atoms with van der Waals surface area (Å²) >= 11 is 0. The third-order valence-corrected chi connectivity index (χ3v) is 4.87. The van der Waals surface area contributed by atoms with Crippen LogP contribution in [0.25, 0.3) is 5.69 Å². The first kappa shape index (κ1) is 16.6. The Kier molecular flexibility index (Phi) is 4.66. The van der Waals surface area contributed by atoms with Crippen molar-refractivity contribution in [3.63, 3.8) is 0 Å². The van der Waals surface area contributed by atoms with Crippen molar-refractivity contribution in [1.29, 1.82) is 0 Å². The topological polar surface area (TPSA) is 77.0 Å². The van der Waals surface area contributed by atoms with Gasteiger partial charge in [0.1, 0.15) is 5.82 Å². The minimum atomic E-state index is -0.413. The van der Waals surface area contributed by atoms with Crippen LogP contribution in [0.15, 0.2) is 18.2 Å². The Balaban J connectivity index is 2.04. The highest BCUT2D eigenvalue weighted by molar-refractivity contribution is 5.75. The molecule has 2 N–H and O–H groups in total. The quantitative estimate of drug-likeness (QED) is 0.877. The van der Waals surface area contributed by atoms with Crippen molar-refractivity contribution in [3.8, 4) is 5.69 Å². The first-order valence-corrected chi connectivity index (χ1v) is 8.56. The molecule has 1 aromatic heterocycles. The average molecular weight is 327 g/mol. The molecule has 0 aliphatic heterocycles. The van der Waals surface area contributed by atoms with E-state index < -0.39 is 5.91 Å². The van der Waals surface area contributed by atoms with Gasteiger partial charge >= 0.3 is 0 Å². The van der Waals surface area contributed by atoms with Crippen molar-refractivity contribution in [1.82, 2.24) is 19.7 Å². The molecule has 128 valence electrons. The number of primary amides is 1. The highest BCUT2D eigenvalue weighted by Crippen LogP contribution is 2.26. The standard InChI is InChI=1S/C18H25N5O/c1-4-22(3)12(2)18-20-17(11-16(19)24)21-23(18)15-9-8-13-6-5-7-14(13)10-15/h8-10,12H,4-7,11H2,1-3H3,(H2,19,24). The molecule has 1 aliphatic rings. The lowest BCUT2D eigenvalue weighted by atomic mass is 10.1. The van der Waals surface area contributed by atoms with Gasteiger partial charge in [0.2, 0.25) is 5.91 Å². The number of carbonyl (C=O) groups excluding carboxylic acids is 1. The number of benzene rings is 1. The third kappa shape index (κ3) is 3.19. The van der Waals surface area contributed by atoms with Gasteiger partial charge in [-0.15, -0.1) is 0 Å². The molecule has 2 aromatic rings. The van der Waals surface area contributed by atoms with E-state index in [1.165, 1.54) is 17.5 Å². The Morgan fingerprint density at radius 3 is 2.83 bits per heavy atom. The monoisotopic (exact) mass is 327 g/mol. The molecule has 1 heterocycles. The Hall–Kier alpha value is -2.21. The Labute approximate surface area is 142 Å². The van der Waals surface area contributed by atoms with Crippen LogP contribution >= 0.6 is 0 Å². The zero-order valence-corrected chi connectivity index (χ0v) is 14.6. The van der Waals surface area contributed by atoms with Crippen molar-refractivity contribution in [2.24, 2.45) is 5.73 Å². The van der Waals surface area contributed by atoms with Crippen LogP contribution in [-0.2, 0) is 24.1 Å². The molecule has 0 bridgehead atoms. The van der Waals surface area contributed by atoms with Gasteiger partial charge in [-0.2, -0.15) is 5.10 Å². The molecule has 1 amide bonds. The SMILES string of the molecule is CCN(C)C(C)c1nc(CC(N)=O)nn1-c1ccc2c(c1)CCC2. The summed E-state index contributed by atoms with van der Waals surface area (Å²) < 4.78 is 1.87. The fourth-order valence-corrected chi connectivity index (χ4v) is 3.22. The first-order chi connectivity index (χ1) is 11.5. The molecule has 1 aromatic carbocycles. The molecule has 0 fully saturated rings. The fourth-order valence-electron chi connectivity index (χ4n) is 3.22. The Morgan fingerprint density at radius 2 is 2.12 bits per heavy atom. The van der Waals surface area contributed by atoms with Gasteiger partial charge in [0.15, 0.2) is 5.82 Å². The van der Waals surface area contributed by atoms with E-state index in [0.717, 1.165) is 30.9 Å². The van der Waals surface area contributed by atoms with Crippen LogP contribution in [0.4, 0.5) is 0 Å². The van der Waals surface area contributed by atoms with E-state index in [0.29, 0.717) is 5.82 Å². The van der Waals surface area contributed by atoms with Gasteiger partial charge in [-0.3, -0.25) is 9.69 Å². The summed E-state index contributed by atoms with van der Waals surface area (Å²) in [6, 6.07) is 6.57. The van der Waals surface area contributed by atoms with Gasteiger partial charge < -0.3 is 5.73 Å². The summed E-state index contributed by atoms with van der Waals surface area (Å²) in [6.45, 7) is 5.12. The molecule has 1 atom stereocenters. The number of hydrogen-bond donors (Lipinski definition) is 1. The maximum Gasteiger partial charge on any atom is 0.225 e. The van der Waals surface area contributed by atoms with Crippen LogP contribution in [0, 0.1) is 0 Å². The zero-order chi connectivity index (χ0) is 17.3. The molecule has 6 nitrogen and oxygen atoms in total. The Bertz CT molecular complexity index is 752. The fraction of sp³-hybridized carbons (Fsp3) is 0.500. The van der Waals surface area contributed by atoms with E-state index in [2.05, 4.69) is 54.1 Å². The van der Waals surface area contributed by atoms with Crippen LogP contribution < -0.4 is 5.73 Å². The summed E-state index contributed by atoms with van der Waals surface area (Å²) in [4.78, 5) is 18.1. The van der Waals surface area contributed by atoms with Gasteiger partial charge in [-0.25, -0.2) is 9.67 Å². The Morgan fingerprint density at radius 1 is 1.38 bits per heavy atom. The lowest BCUT2D eigenvalue weighted by Crippen LogP contribution is -2.24. The second-order valence-electron chi connectivity index (χ2n) is 6.50. The second kappa shape index (κ2) is 6.73. The van der Waals surface area contributed by atoms with E-state index in [4.69, 9.17) is 5.73 Å². The summed E-state index contributed by atoms with van der Waals surface area (Å²) in [6.07, 6.45) is 3.55. The van der Waals surface area contributed by atoms with Crippen molar-refractivity contribution in [2.45, 2.75) is 45.6 Å². The van der Waals surface area contributed by atoms with Crippen LogP contribution in [0.1, 0.15) is 49.1 Å². The van der Waals surface area contributed by atoms with E-state index in [1.807, 2.05) is 4.68 Å². The van der Waals surface area contributed by atoms with E-state index in [-0.39, 0.29) is 12.5 Å². The predicted molar refractivity (Wildman–Crippen MR) is 93.0 cm³/mol. The zero-order valence-electron chi connectivity index (χ0n) is 14.6. The van der Waals surface area contributed by atoms with Gasteiger partial charge in [-0.1, -0.05) is 13.0 Å². The number of rotatable bonds is 6. The first-order valence-electron chi connectivity index (χ1n) is 8.56. The molecule has 1 aliphatic carbocycles. The van der Waals surface area contributed by atoms with Gasteiger partial charge in [0, 0.05) is 0 Å². The van der Waals surface area contributed by atoms with Gasteiger partial charge in [-0.05, 0) is 63.0 Å². The maximum atomic E-state index is 11.3. The highest BCUT2D eigenvalue weighted by atomic mass is 16.1. The number of aryl methyl sites for hydroxylation is 2. The molecular weight excluding hydrogens is 302 g/mol. The molecule has 24 heavy (non-hydrogen) atoms. The molecule has 3 rings (SSSR count). The third-order valence-electron chi connectivity index (χ3n) is 4.87. The number of nitrogens with zero attached hydrogens (tertiary/aromatic N) is 4. The minimum Gasteiger partial charge on any atom is -0.369 e. The number of amides is 1. The molecule has 6 heteroatoms. The lowest BCUT2D eigenvalue weighted by Gasteiger charge is -2.22. The van der Waals surface area contributed by atoms with Crippen LogP contribution in [0.3, 0.4) is 0 Å². The number of nitrogens with two attached hydrogens (primary N) is 1. The predicted octanol–water partition coefficient (Wildman–Crippen LogP) is 1.80. The molecule has 0 saturated heterocycles. The normalized spacial score (nSPS) is 14.8. The summed E-state index contributed by atoms with van der Waals surface area (Å²) in [7, 11) is 2.06. The lowest BCUT2D eigenvalue weighted by molar-refractivity contribution is -0.117. The number of carbonyl (C=O) groups is 1. The largest absolute Gasteiger partial charge is 0.369 e. The highest BCUT2D eigenvalue weighted by Gasteiger charge is 2.22. The van der Waals surface area contributed by atoms with E-state index in [1.54, 1.807) is 0 Å². The van der Waals surface area contributed by atoms with Crippen molar-refractivity contribution >= 4 is 5.91 Å². The number of hydrogen-bond acceptors (Lipinski definition) is 4. The molecular formula is C18H25N5O. The molecule has 0 saturated carbocycles. The van der Waals surface area contributed by atoms with Gasteiger partial charge in [0.05, 0.1) is 18.2 Å². The van der Waals surface area contributed by atoms with Crippen molar-refractivity contribution in [3.05, 3.63) is 41.0 Å². The molecule has 0 spiro atoms. The van der Waals surface area contributed by atoms with Crippen molar-refractivity contribution in [2.75, 3.05) is 13.6 Å².